The zero-order valence-electron chi connectivity index (χ0n) is 8.53. The second-order valence-corrected chi connectivity index (χ2v) is 4.33. The number of piperidine rings is 1. The third kappa shape index (κ3) is 1.94. The summed E-state index contributed by atoms with van der Waals surface area (Å²) in [4.78, 5) is 1.96. The highest BCUT2D eigenvalue weighted by molar-refractivity contribution is 6.32. The van der Waals surface area contributed by atoms with Gasteiger partial charge in [-0.25, -0.2) is 9.07 Å². The molecule has 1 aromatic rings. The molecule has 1 saturated heterocycles. The van der Waals surface area contributed by atoms with Crippen LogP contribution in [0.25, 0.3) is 0 Å². The fraction of sp³-hybridized carbons (Fsp3) is 0.667. The first kappa shape index (κ1) is 10.7. The first-order valence-corrected chi connectivity index (χ1v) is 5.28. The molecule has 2 rings (SSSR count). The lowest BCUT2D eigenvalue weighted by atomic mass is 10.0. The quantitative estimate of drug-likeness (QED) is 0.795. The van der Waals surface area contributed by atoms with Crippen molar-refractivity contribution in [2.45, 2.75) is 18.6 Å². The summed E-state index contributed by atoms with van der Waals surface area (Å²) in [7, 11) is 1.90. The van der Waals surface area contributed by atoms with E-state index in [2.05, 4.69) is 5.10 Å². The van der Waals surface area contributed by atoms with E-state index in [-0.39, 0.29) is 6.04 Å². The minimum absolute atomic E-state index is 0.286. The van der Waals surface area contributed by atoms with Gasteiger partial charge in [0.2, 0.25) is 0 Å². The van der Waals surface area contributed by atoms with Crippen LogP contribution in [0.2, 0.25) is 5.15 Å². The Labute approximate surface area is 92.8 Å². The van der Waals surface area contributed by atoms with E-state index in [9.17, 15) is 4.39 Å². The van der Waals surface area contributed by atoms with Gasteiger partial charge in [-0.3, -0.25) is 0 Å². The molecule has 15 heavy (non-hydrogen) atoms. The van der Waals surface area contributed by atoms with Gasteiger partial charge in [0.1, 0.15) is 11.3 Å². The van der Waals surface area contributed by atoms with E-state index in [0.29, 0.717) is 23.8 Å². The maximum atomic E-state index is 13.8. The van der Waals surface area contributed by atoms with Gasteiger partial charge >= 0.3 is 0 Å². The molecule has 1 aromatic heterocycles. The molecule has 2 heterocycles. The van der Waals surface area contributed by atoms with Crippen LogP contribution >= 0.6 is 11.6 Å². The average molecular weight is 233 g/mol. The number of likely N-dealkylation sites (tertiary alicyclic amines) is 1. The molecular weight excluding hydrogens is 219 g/mol. The minimum atomic E-state index is -0.944. The van der Waals surface area contributed by atoms with Crippen molar-refractivity contribution in [1.29, 1.82) is 0 Å². The predicted molar refractivity (Wildman–Crippen MR) is 57.7 cm³/mol. The van der Waals surface area contributed by atoms with Crippen molar-refractivity contribution < 1.29 is 4.39 Å². The van der Waals surface area contributed by atoms with Crippen LogP contribution in [0, 0.1) is 0 Å². The Hall–Kier alpha value is -0.810. The van der Waals surface area contributed by atoms with Crippen LogP contribution in [0.4, 0.5) is 10.1 Å². The van der Waals surface area contributed by atoms with Gasteiger partial charge in [-0.05, 0) is 13.5 Å². The number of aromatic nitrogens is 2. The second kappa shape index (κ2) is 3.98. The topological polar surface area (TPSA) is 47.1 Å². The number of halogens is 2. The Kier molecular flexibility index (Phi) is 2.84. The summed E-state index contributed by atoms with van der Waals surface area (Å²) in [6.07, 6.45) is 1.23. The summed E-state index contributed by atoms with van der Waals surface area (Å²) in [5.41, 5.74) is 5.98. The zero-order valence-corrected chi connectivity index (χ0v) is 9.28. The molecule has 1 aliphatic heterocycles. The highest BCUT2D eigenvalue weighted by Crippen LogP contribution is 2.29. The molecule has 2 N–H and O–H groups in total. The third-order valence-corrected chi connectivity index (χ3v) is 3.18. The van der Waals surface area contributed by atoms with E-state index >= 15 is 0 Å². The zero-order chi connectivity index (χ0) is 11.0. The molecule has 6 heteroatoms. The van der Waals surface area contributed by atoms with Gasteiger partial charge < -0.3 is 10.6 Å². The number of nitrogen functional groups attached to an aromatic ring is 1. The normalized spacial score (nSPS) is 28.2. The van der Waals surface area contributed by atoms with E-state index in [0.717, 1.165) is 6.54 Å². The molecule has 0 saturated carbocycles. The molecule has 0 spiro atoms. The summed E-state index contributed by atoms with van der Waals surface area (Å²) in [6, 6.07) is -0.286. The number of nitrogens with two attached hydrogens (primary N) is 1. The summed E-state index contributed by atoms with van der Waals surface area (Å²) in [5, 5.41) is 4.36. The molecule has 0 radical (unpaired) electrons. The monoisotopic (exact) mass is 232 g/mol. The van der Waals surface area contributed by atoms with Crippen molar-refractivity contribution in [3.05, 3.63) is 11.3 Å². The van der Waals surface area contributed by atoms with Crippen molar-refractivity contribution in [2.75, 3.05) is 25.9 Å². The highest BCUT2D eigenvalue weighted by Gasteiger charge is 2.30. The Morgan fingerprint density at radius 3 is 2.93 bits per heavy atom. The van der Waals surface area contributed by atoms with Crippen LogP contribution < -0.4 is 5.73 Å². The maximum absolute atomic E-state index is 13.8. The summed E-state index contributed by atoms with van der Waals surface area (Å²) < 4.78 is 15.3. The summed E-state index contributed by atoms with van der Waals surface area (Å²) in [6.45, 7) is 1.27. The Morgan fingerprint density at radius 2 is 2.40 bits per heavy atom. The second-order valence-electron chi connectivity index (χ2n) is 3.97. The van der Waals surface area contributed by atoms with Crippen molar-refractivity contribution in [3.8, 4) is 0 Å². The predicted octanol–water partition coefficient (Wildman–Crippen LogP) is 1.33. The van der Waals surface area contributed by atoms with Crippen LogP contribution in [0.1, 0.15) is 12.5 Å². The number of rotatable bonds is 1. The van der Waals surface area contributed by atoms with Crippen LogP contribution in [-0.2, 0) is 0 Å². The third-order valence-electron chi connectivity index (χ3n) is 2.78. The Bertz CT molecular complexity index is 354. The molecule has 1 aliphatic rings. The molecule has 0 aromatic carbocycles. The van der Waals surface area contributed by atoms with Crippen molar-refractivity contribution in [1.82, 2.24) is 14.7 Å². The SMILES string of the molecule is CN1CCC(n2ncc(N)c2Cl)C(F)C1. The van der Waals surface area contributed by atoms with Crippen LogP contribution in [0.15, 0.2) is 6.20 Å². The van der Waals surface area contributed by atoms with Crippen molar-refractivity contribution in [3.63, 3.8) is 0 Å². The first-order chi connectivity index (χ1) is 7.09. The standard InChI is InChI=1S/C9H14ClFN4/c1-14-3-2-8(6(11)5-14)15-9(10)7(12)4-13-15/h4,6,8H,2-3,5,12H2,1H3. The van der Waals surface area contributed by atoms with E-state index in [1.54, 1.807) is 0 Å². The largest absolute Gasteiger partial charge is 0.395 e. The van der Waals surface area contributed by atoms with Gasteiger partial charge in [0.15, 0.2) is 0 Å². The van der Waals surface area contributed by atoms with Gasteiger partial charge in [0.05, 0.1) is 17.9 Å². The fourth-order valence-corrected chi connectivity index (χ4v) is 2.13. The minimum Gasteiger partial charge on any atom is -0.395 e. The molecule has 84 valence electrons. The van der Waals surface area contributed by atoms with Crippen LogP contribution in [-0.4, -0.2) is 41.0 Å². The number of alkyl halides is 1. The van der Waals surface area contributed by atoms with E-state index in [1.165, 1.54) is 10.9 Å². The molecule has 2 atom stereocenters. The van der Waals surface area contributed by atoms with Crippen LogP contribution in [0.5, 0.6) is 0 Å². The molecule has 4 nitrogen and oxygen atoms in total. The van der Waals surface area contributed by atoms with Crippen molar-refractivity contribution in [2.24, 2.45) is 0 Å². The Balaban J connectivity index is 2.20. The molecule has 0 aliphatic carbocycles. The summed E-state index contributed by atoms with van der Waals surface area (Å²) in [5.74, 6) is 0. The first-order valence-electron chi connectivity index (χ1n) is 4.90. The number of hydrogen-bond donors (Lipinski definition) is 1. The van der Waals surface area contributed by atoms with Gasteiger partial charge in [0.25, 0.3) is 0 Å². The lowest BCUT2D eigenvalue weighted by molar-refractivity contribution is 0.101. The van der Waals surface area contributed by atoms with E-state index < -0.39 is 6.17 Å². The number of nitrogens with zero attached hydrogens (tertiary/aromatic N) is 3. The maximum Gasteiger partial charge on any atom is 0.150 e. The fourth-order valence-electron chi connectivity index (χ4n) is 1.91. The van der Waals surface area contributed by atoms with E-state index in [4.69, 9.17) is 17.3 Å². The highest BCUT2D eigenvalue weighted by atomic mass is 35.5. The molecule has 2 unspecified atom stereocenters. The molecule has 0 bridgehead atoms. The van der Waals surface area contributed by atoms with Gasteiger partial charge in [-0.1, -0.05) is 11.6 Å². The van der Waals surface area contributed by atoms with Crippen molar-refractivity contribution >= 4 is 17.3 Å². The molecule has 0 amide bonds. The molecular formula is C9H14ClFN4. The Morgan fingerprint density at radius 1 is 1.67 bits per heavy atom. The molecule has 1 fully saturated rings. The lowest BCUT2D eigenvalue weighted by Gasteiger charge is -2.32. The van der Waals surface area contributed by atoms with Gasteiger partial charge in [0, 0.05) is 13.1 Å². The average Bonchev–Trinajstić information content (AvgIpc) is 2.49. The van der Waals surface area contributed by atoms with E-state index in [1.807, 2.05) is 11.9 Å². The smallest absolute Gasteiger partial charge is 0.150 e. The van der Waals surface area contributed by atoms with Gasteiger partial charge in [-0.15, -0.1) is 0 Å². The summed E-state index contributed by atoms with van der Waals surface area (Å²) >= 11 is 5.94. The van der Waals surface area contributed by atoms with Gasteiger partial charge in [-0.2, -0.15) is 5.10 Å². The van der Waals surface area contributed by atoms with Crippen LogP contribution in [0.3, 0.4) is 0 Å². The number of anilines is 1. The number of hydrogen-bond acceptors (Lipinski definition) is 3. The lowest BCUT2D eigenvalue weighted by Crippen LogP contribution is -2.40.